The van der Waals surface area contributed by atoms with Gasteiger partial charge < -0.3 is 5.11 Å². The van der Waals surface area contributed by atoms with Gasteiger partial charge in [-0.05, 0) is 37.5 Å². The van der Waals surface area contributed by atoms with Crippen LogP contribution in [0.2, 0.25) is 0 Å². The molecule has 1 aromatic carbocycles. The normalized spacial score (nSPS) is 16.2. The van der Waals surface area contributed by atoms with Gasteiger partial charge in [-0.15, -0.1) is 0 Å². The van der Waals surface area contributed by atoms with Crippen molar-refractivity contribution in [3.05, 3.63) is 29.6 Å². The minimum Gasteiger partial charge on any atom is -0.395 e. The van der Waals surface area contributed by atoms with Crippen molar-refractivity contribution < 1.29 is 17.9 Å². The maximum atomic E-state index is 13.2. The summed E-state index contributed by atoms with van der Waals surface area (Å²) >= 11 is 0. The number of halogens is 1. The van der Waals surface area contributed by atoms with E-state index in [4.69, 9.17) is 5.11 Å². The minimum atomic E-state index is -3.72. The van der Waals surface area contributed by atoms with Gasteiger partial charge in [0.15, 0.2) is 0 Å². The number of aryl methyl sites for hydroxylation is 1. The average molecular weight is 273 g/mol. The van der Waals surface area contributed by atoms with E-state index in [2.05, 4.69) is 0 Å². The number of nitrogens with zero attached hydrogens (tertiary/aromatic N) is 1. The molecule has 0 unspecified atom stereocenters. The van der Waals surface area contributed by atoms with Crippen LogP contribution < -0.4 is 0 Å². The fourth-order valence-corrected chi connectivity index (χ4v) is 3.85. The molecule has 100 valence electrons. The van der Waals surface area contributed by atoms with Crippen LogP contribution in [0, 0.1) is 12.7 Å². The lowest BCUT2D eigenvalue weighted by Crippen LogP contribution is -2.35. The van der Waals surface area contributed by atoms with Crippen LogP contribution in [0.15, 0.2) is 23.1 Å². The van der Waals surface area contributed by atoms with E-state index in [1.165, 1.54) is 16.4 Å². The Balaban J connectivity index is 2.42. The Morgan fingerprint density at radius 1 is 1.44 bits per heavy atom. The van der Waals surface area contributed by atoms with Crippen molar-refractivity contribution in [2.45, 2.75) is 30.7 Å². The van der Waals surface area contributed by atoms with Crippen molar-refractivity contribution in [3.8, 4) is 0 Å². The number of rotatable bonds is 5. The summed E-state index contributed by atoms with van der Waals surface area (Å²) in [6.07, 6.45) is 1.60. The zero-order valence-electron chi connectivity index (χ0n) is 10.1. The zero-order valence-corrected chi connectivity index (χ0v) is 11.0. The topological polar surface area (TPSA) is 57.6 Å². The maximum absolute atomic E-state index is 13.2. The number of hydrogen-bond donors (Lipinski definition) is 1. The Labute approximate surface area is 106 Å². The van der Waals surface area contributed by atoms with E-state index in [9.17, 15) is 12.8 Å². The second kappa shape index (κ2) is 4.95. The highest BCUT2D eigenvalue weighted by atomic mass is 32.2. The third-order valence-corrected chi connectivity index (χ3v) is 5.11. The summed E-state index contributed by atoms with van der Waals surface area (Å²) in [5, 5.41) is 8.97. The van der Waals surface area contributed by atoms with E-state index in [0.29, 0.717) is 5.56 Å². The minimum absolute atomic E-state index is 0.0112. The van der Waals surface area contributed by atoms with E-state index in [-0.39, 0.29) is 24.1 Å². The van der Waals surface area contributed by atoms with Gasteiger partial charge >= 0.3 is 0 Å². The lowest BCUT2D eigenvalue weighted by Gasteiger charge is -2.21. The Hall–Kier alpha value is -0.980. The molecule has 18 heavy (non-hydrogen) atoms. The zero-order chi connectivity index (χ0) is 13.3. The van der Waals surface area contributed by atoms with Crippen LogP contribution in [0.3, 0.4) is 0 Å². The second-order valence-corrected chi connectivity index (χ2v) is 6.34. The van der Waals surface area contributed by atoms with E-state index < -0.39 is 15.8 Å². The molecule has 0 spiro atoms. The number of benzene rings is 1. The van der Waals surface area contributed by atoms with Crippen LogP contribution >= 0.6 is 0 Å². The molecule has 0 radical (unpaired) electrons. The molecule has 0 atom stereocenters. The molecule has 1 saturated carbocycles. The summed E-state index contributed by atoms with van der Waals surface area (Å²) in [7, 11) is -3.72. The van der Waals surface area contributed by atoms with Gasteiger partial charge in [-0.2, -0.15) is 4.31 Å². The van der Waals surface area contributed by atoms with E-state index in [1.54, 1.807) is 6.92 Å². The monoisotopic (exact) mass is 273 g/mol. The molecule has 2 rings (SSSR count). The molecular weight excluding hydrogens is 257 g/mol. The van der Waals surface area contributed by atoms with Crippen molar-refractivity contribution in [1.82, 2.24) is 4.31 Å². The SMILES string of the molecule is Cc1ccc(F)cc1S(=O)(=O)N(CCO)C1CC1. The first kappa shape index (κ1) is 13.5. The van der Waals surface area contributed by atoms with Crippen molar-refractivity contribution in [1.29, 1.82) is 0 Å². The molecule has 1 aliphatic carbocycles. The molecule has 4 nitrogen and oxygen atoms in total. The summed E-state index contributed by atoms with van der Waals surface area (Å²) in [5.41, 5.74) is 0.514. The van der Waals surface area contributed by atoms with Crippen LogP contribution in [0.25, 0.3) is 0 Å². The first-order valence-corrected chi connectivity index (χ1v) is 7.29. The summed E-state index contributed by atoms with van der Waals surface area (Å²) in [5.74, 6) is -0.570. The van der Waals surface area contributed by atoms with E-state index >= 15 is 0 Å². The Bertz CT molecular complexity index is 540. The molecule has 0 bridgehead atoms. The molecule has 0 aromatic heterocycles. The quantitative estimate of drug-likeness (QED) is 0.879. The molecule has 1 N–H and O–H groups in total. The molecule has 1 aromatic rings. The van der Waals surface area contributed by atoms with Gasteiger partial charge in [-0.1, -0.05) is 6.07 Å². The fraction of sp³-hybridized carbons (Fsp3) is 0.500. The average Bonchev–Trinajstić information content (AvgIpc) is 3.13. The lowest BCUT2D eigenvalue weighted by molar-refractivity contribution is 0.250. The van der Waals surface area contributed by atoms with Crippen molar-refractivity contribution in [3.63, 3.8) is 0 Å². The molecule has 0 heterocycles. The summed E-state index contributed by atoms with van der Waals surface area (Å²) in [6, 6.07) is 3.68. The number of hydrogen-bond acceptors (Lipinski definition) is 3. The van der Waals surface area contributed by atoms with Gasteiger partial charge in [0.05, 0.1) is 11.5 Å². The largest absolute Gasteiger partial charge is 0.395 e. The van der Waals surface area contributed by atoms with Gasteiger partial charge in [0.2, 0.25) is 10.0 Å². The van der Waals surface area contributed by atoms with Gasteiger partial charge in [-0.3, -0.25) is 0 Å². The predicted octanol–water partition coefficient (Wildman–Crippen LogP) is 1.28. The summed E-state index contributed by atoms with van der Waals surface area (Å²) in [4.78, 5) is -0.0112. The lowest BCUT2D eigenvalue weighted by atomic mass is 10.2. The summed E-state index contributed by atoms with van der Waals surface area (Å²) < 4.78 is 39.3. The molecule has 0 aliphatic heterocycles. The van der Waals surface area contributed by atoms with Crippen LogP contribution in [-0.4, -0.2) is 37.0 Å². The van der Waals surface area contributed by atoms with Crippen molar-refractivity contribution in [2.75, 3.05) is 13.2 Å². The number of aliphatic hydroxyl groups is 1. The Morgan fingerprint density at radius 2 is 2.11 bits per heavy atom. The first-order valence-electron chi connectivity index (χ1n) is 5.85. The predicted molar refractivity (Wildman–Crippen MR) is 65.1 cm³/mol. The smallest absolute Gasteiger partial charge is 0.243 e. The molecule has 1 fully saturated rings. The van der Waals surface area contributed by atoms with Crippen LogP contribution in [0.5, 0.6) is 0 Å². The third-order valence-electron chi connectivity index (χ3n) is 3.01. The van der Waals surface area contributed by atoms with Gasteiger partial charge in [0, 0.05) is 12.6 Å². The van der Waals surface area contributed by atoms with Gasteiger partial charge in [0.25, 0.3) is 0 Å². The fourth-order valence-electron chi connectivity index (χ4n) is 1.94. The first-order chi connectivity index (χ1) is 8.46. The highest BCUT2D eigenvalue weighted by Crippen LogP contribution is 2.32. The number of sulfonamides is 1. The second-order valence-electron chi connectivity index (χ2n) is 4.48. The molecule has 0 saturated heterocycles. The highest BCUT2D eigenvalue weighted by Gasteiger charge is 2.38. The van der Waals surface area contributed by atoms with Gasteiger partial charge in [-0.25, -0.2) is 12.8 Å². The Morgan fingerprint density at radius 3 is 2.67 bits per heavy atom. The molecule has 1 aliphatic rings. The van der Waals surface area contributed by atoms with E-state index in [1.807, 2.05) is 0 Å². The highest BCUT2D eigenvalue weighted by molar-refractivity contribution is 7.89. The van der Waals surface area contributed by atoms with Crippen molar-refractivity contribution in [2.24, 2.45) is 0 Å². The van der Waals surface area contributed by atoms with Crippen LogP contribution in [0.1, 0.15) is 18.4 Å². The number of aliphatic hydroxyl groups excluding tert-OH is 1. The van der Waals surface area contributed by atoms with Crippen molar-refractivity contribution >= 4 is 10.0 Å². The molecule has 0 amide bonds. The molecular formula is C12H16FNO3S. The maximum Gasteiger partial charge on any atom is 0.243 e. The molecule has 6 heteroatoms. The Kier molecular flexibility index (Phi) is 3.70. The third kappa shape index (κ3) is 2.55. The standard InChI is InChI=1S/C12H16FNO3S/c1-9-2-3-10(13)8-12(9)18(16,17)14(6-7-15)11-4-5-11/h2-3,8,11,15H,4-7H2,1H3. The van der Waals surface area contributed by atoms with Crippen LogP contribution in [0.4, 0.5) is 4.39 Å². The van der Waals surface area contributed by atoms with Crippen LogP contribution in [-0.2, 0) is 10.0 Å². The summed E-state index contributed by atoms with van der Waals surface area (Å²) in [6.45, 7) is 1.46. The van der Waals surface area contributed by atoms with E-state index in [0.717, 1.165) is 18.9 Å². The van der Waals surface area contributed by atoms with Gasteiger partial charge in [0.1, 0.15) is 5.82 Å².